The van der Waals surface area contributed by atoms with Gasteiger partial charge in [-0.05, 0) is 56.2 Å². The second-order valence-electron chi connectivity index (χ2n) is 11.4. The van der Waals surface area contributed by atoms with Crippen LogP contribution in [0.25, 0.3) is 22.0 Å². The number of aromatic nitrogens is 2. The molecule has 0 spiro atoms. The molecule has 2 heterocycles. The van der Waals surface area contributed by atoms with Gasteiger partial charge in [0, 0.05) is 68.0 Å². The lowest BCUT2D eigenvalue weighted by atomic mass is 10.0. The van der Waals surface area contributed by atoms with Gasteiger partial charge in [-0.1, -0.05) is 42.5 Å². The van der Waals surface area contributed by atoms with Crippen LogP contribution in [0.1, 0.15) is 33.3 Å². The van der Waals surface area contributed by atoms with Gasteiger partial charge >= 0.3 is 0 Å². The molecule has 5 rings (SSSR count). The van der Waals surface area contributed by atoms with E-state index in [4.69, 9.17) is 4.98 Å². The van der Waals surface area contributed by atoms with Gasteiger partial charge in [-0.3, -0.25) is 9.69 Å². The molecule has 0 saturated carbocycles. The zero-order chi connectivity index (χ0) is 29.2. The largest absolute Gasteiger partial charge is 0.340 e. The van der Waals surface area contributed by atoms with E-state index in [2.05, 4.69) is 32.1 Å². The van der Waals surface area contributed by atoms with Crippen molar-refractivity contribution >= 4 is 38.5 Å². The fourth-order valence-electron chi connectivity index (χ4n) is 4.98. The van der Waals surface area contributed by atoms with Gasteiger partial charge in [0.2, 0.25) is 21.9 Å². The standard InChI is InChI=1S/C31H36N6O3S/c1-22(38)37-17-15-36(16-18-37)21-23-7-5-9-26(19-23)33-30-32-20-25-8-6-10-28(29(25)34-30)24-11-13-27(14-12-24)41(39,40)35-31(2,3)4/h5-14,19-20,35H,15-18,21H2,1-4H3,(H,32,33,34). The number of nitrogens with zero attached hydrogens (tertiary/aromatic N) is 4. The third-order valence-electron chi connectivity index (χ3n) is 6.93. The van der Waals surface area contributed by atoms with E-state index in [1.807, 2.05) is 56.0 Å². The van der Waals surface area contributed by atoms with Crippen LogP contribution in [-0.2, 0) is 21.4 Å². The summed E-state index contributed by atoms with van der Waals surface area (Å²) in [5.74, 6) is 0.610. The summed E-state index contributed by atoms with van der Waals surface area (Å²) < 4.78 is 28.2. The van der Waals surface area contributed by atoms with Crippen LogP contribution in [0.15, 0.2) is 77.8 Å². The summed E-state index contributed by atoms with van der Waals surface area (Å²) in [6.45, 7) is 11.1. The molecule has 1 fully saturated rings. The molecule has 0 aliphatic carbocycles. The first-order chi connectivity index (χ1) is 19.5. The summed E-state index contributed by atoms with van der Waals surface area (Å²) in [7, 11) is -3.62. The fraction of sp³-hybridized carbons (Fsp3) is 0.323. The fourth-order valence-corrected chi connectivity index (χ4v) is 6.40. The van der Waals surface area contributed by atoms with Crippen molar-refractivity contribution in [1.29, 1.82) is 0 Å². The van der Waals surface area contributed by atoms with Crippen LogP contribution in [0, 0.1) is 0 Å². The molecule has 9 nitrogen and oxygen atoms in total. The predicted octanol–water partition coefficient (Wildman–Crippen LogP) is 4.78. The molecule has 0 atom stereocenters. The average Bonchev–Trinajstić information content (AvgIpc) is 2.92. The number of rotatable bonds is 7. The van der Waals surface area contributed by atoms with Gasteiger partial charge < -0.3 is 10.2 Å². The Morgan fingerprint density at radius 1 is 0.951 bits per heavy atom. The number of anilines is 2. The Morgan fingerprint density at radius 2 is 1.66 bits per heavy atom. The van der Waals surface area contributed by atoms with Crippen molar-refractivity contribution in [2.45, 2.75) is 44.7 Å². The smallest absolute Gasteiger partial charge is 0.241 e. The van der Waals surface area contributed by atoms with Crippen LogP contribution in [0.4, 0.5) is 11.6 Å². The van der Waals surface area contributed by atoms with Crippen LogP contribution >= 0.6 is 0 Å². The Bertz CT molecular complexity index is 1660. The number of hydrogen-bond acceptors (Lipinski definition) is 7. The van der Waals surface area contributed by atoms with Gasteiger partial charge in [-0.25, -0.2) is 23.1 Å². The summed E-state index contributed by atoms with van der Waals surface area (Å²) in [4.78, 5) is 25.4. The third-order valence-corrected chi connectivity index (χ3v) is 8.71. The van der Waals surface area contributed by atoms with E-state index in [9.17, 15) is 13.2 Å². The number of hydrogen-bond donors (Lipinski definition) is 2. The first-order valence-electron chi connectivity index (χ1n) is 13.7. The van der Waals surface area contributed by atoms with Crippen LogP contribution in [0.2, 0.25) is 0 Å². The second-order valence-corrected chi connectivity index (χ2v) is 13.1. The maximum absolute atomic E-state index is 12.7. The van der Waals surface area contributed by atoms with Gasteiger partial charge in [0.05, 0.1) is 10.4 Å². The van der Waals surface area contributed by atoms with Gasteiger partial charge in [-0.15, -0.1) is 0 Å². The molecule has 0 radical (unpaired) electrons. The Labute approximate surface area is 241 Å². The molecule has 4 aromatic rings. The molecule has 1 amide bonds. The van der Waals surface area contributed by atoms with Crippen molar-refractivity contribution in [2.75, 3.05) is 31.5 Å². The molecule has 214 valence electrons. The molecule has 3 aromatic carbocycles. The van der Waals surface area contributed by atoms with Gasteiger partial charge in [-0.2, -0.15) is 0 Å². The van der Waals surface area contributed by atoms with Gasteiger partial charge in [0.15, 0.2) is 0 Å². The number of nitrogens with one attached hydrogen (secondary N) is 2. The molecular formula is C31H36N6O3S. The number of benzene rings is 3. The maximum Gasteiger partial charge on any atom is 0.241 e. The Morgan fingerprint density at radius 3 is 2.34 bits per heavy atom. The lowest BCUT2D eigenvalue weighted by Crippen LogP contribution is -2.47. The molecule has 41 heavy (non-hydrogen) atoms. The molecule has 1 aliphatic rings. The lowest BCUT2D eigenvalue weighted by Gasteiger charge is -2.34. The lowest BCUT2D eigenvalue weighted by molar-refractivity contribution is -0.130. The zero-order valence-electron chi connectivity index (χ0n) is 23.9. The summed E-state index contributed by atoms with van der Waals surface area (Å²) in [6.07, 6.45) is 1.79. The predicted molar refractivity (Wildman–Crippen MR) is 162 cm³/mol. The molecule has 1 aromatic heterocycles. The van der Waals surface area contributed by atoms with E-state index in [-0.39, 0.29) is 10.8 Å². The number of piperazine rings is 1. The molecule has 0 unspecified atom stereocenters. The van der Waals surface area contributed by atoms with Crippen LogP contribution in [-0.4, -0.2) is 65.8 Å². The van der Waals surface area contributed by atoms with Crippen molar-refractivity contribution in [1.82, 2.24) is 24.5 Å². The number of para-hydroxylation sites is 1. The average molecular weight is 573 g/mol. The van der Waals surface area contributed by atoms with E-state index in [1.54, 1.807) is 37.4 Å². The van der Waals surface area contributed by atoms with Crippen LogP contribution in [0.5, 0.6) is 0 Å². The van der Waals surface area contributed by atoms with Gasteiger partial charge in [0.25, 0.3) is 0 Å². The highest BCUT2D eigenvalue weighted by Gasteiger charge is 2.22. The third kappa shape index (κ3) is 7.08. The summed E-state index contributed by atoms with van der Waals surface area (Å²) in [6, 6.07) is 20.9. The van der Waals surface area contributed by atoms with Crippen molar-refractivity contribution in [3.63, 3.8) is 0 Å². The number of carbonyl (C=O) groups is 1. The Hall–Kier alpha value is -3.86. The van der Waals surface area contributed by atoms with E-state index >= 15 is 0 Å². The monoisotopic (exact) mass is 572 g/mol. The minimum absolute atomic E-state index is 0.132. The summed E-state index contributed by atoms with van der Waals surface area (Å²) >= 11 is 0. The van der Waals surface area contributed by atoms with Crippen molar-refractivity contribution in [2.24, 2.45) is 0 Å². The highest BCUT2D eigenvalue weighted by molar-refractivity contribution is 7.89. The van der Waals surface area contributed by atoms with E-state index in [0.29, 0.717) is 5.95 Å². The summed E-state index contributed by atoms with van der Waals surface area (Å²) in [5, 5.41) is 4.23. The number of fused-ring (bicyclic) bond motifs is 1. The molecule has 1 aliphatic heterocycles. The highest BCUT2D eigenvalue weighted by Crippen LogP contribution is 2.29. The second kappa shape index (κ2) is 11.6. The van der Waals surface area contributed by atoms with Crippen molar-refractivity contribution in [3.05, 3.63) is 78.5 Å². The Kier molecular flexibility index (Phi) is 8.08. The highest BCUT2D eigenvalue weighted by atomic mass is 32.2. The van der Waals surface area contributed by atoms with Gasteiger partial charge in [0.1, 0.15) is 0 Å². The van der Waals surface area contributed by atoms with E-state index in [1.165, 1.54) is 5.56 Å². The normalized spacial score (nSPS) is 14.8. The molecule has 2 N–H and O–H groups in total. The molecular weight excluding hydrogens is 536 g/mol. The SMILES string of the molecule is CC(=O)N1CCN(Cc2cccc(Nc3ncc4cccc(-c5ccc(S(=O)(=O)NC(C)(C)C)cc5)c4n3)c2)CC1. The van der Waals surface area contributed by atoms with E-state index < -0.39 is 15.6 Å². The number of amides is 1. The van der Waals surface area contributed by atoms with Crippen molar-refractivity contribution in [3.8, 4) is 11.1 Å². The molecule has 1 saturated heterocycles. The molecule has 10 heteroatoms. The number of sulfonamides is 1. The van der Waals surface area contributed by atoms with Crippen molar-refractivity contribution < 1.29 is 13.2 Å². The summed E-state index contributed by atoms with van der Waals surface area (Å²) in [5.41, 5.74) is 4.01. The number of carbonyl (C=O) groups excluding carboxylic acids is 1. The minimum atomic E-state index is -3.62. The maximum atomic E-state index is 12.7. The quantitative estimate of drug-likeness (QED) is 0.328. The minimum Gasteiger partial charge on any atom is -0.340 e. The van der Waals surface area contributed by atoms with E-state index in [0.717, 1.165) is 60.4 Å². The van der Waals surface area contributed by atoms with Crippen LogP contribution < -0.4 is 10.0 Å². The van der Waals surface area contributed by atoms with Crippen LogP contribution in [0.3, 0.4) is 0 Å². The first-order valence-corrected chi connectivity index (χ1v) is 15.2. The first kappa shape index (κ1) is 28.7. The zero-order valence-corrected chi connectivity index (χ0v) is 24.7. The molecule has 0 bridgehead atoms. The Balaban J connectivity index is 1.34. The topological polar surface area (TPSA) is 108 Å².